The van der Waals surface area contributed by atoms with E-state index in [0.29, 0.717) is 21.6 Å². The van der Waals surface area contributed by atoms with E-state index < -0.39 is 4.92 Å². The Hall–Kier alpha value is -2.87. The minimum atomic E-state index is -0.450. The van der Waals surface area contributed by atoms with Gasteiger partial charge in [0.05, 0.1) is 9.83 Å². The molecule has 1 aliphatic heterocycles. The molecule has 0 radical (unpaired) electrons. The van der Waals surface area contributed by atoms with Gasteiger partial charge in [-0.25, -0.2) is 0 Å². The predicted molar refractivity (Wildman–Crippen MR) is 92.5 cm³/mol. The number of benzene rings is 1. The molecule has 1 fully saturated rings. The van der Waals surface area contributed by atoms with E-state index in [4.69, 9.17) is 4.42 Å². The molecule has 0 unspecified atom stereocenters. The first-order valence-electron chi connectivity index (χ1n) is 6.98. The molecule has 7 nitrogen and oxygen atoms in total. The lowest BCUT2D eigenvalue weighted by molar-refractivity contribution is -0.384. The third-order valence-corrected chi connectivity index (χ3v) is 4.61. The molecular formula is C16H13N3O4S. The van der Waals surface area contributed by atoms with Crippen LogP contribution in [0.15, 0.2) is 50.7 Å². The Balaban J connectivity index is 1.85. The van der Waals surface area contributed by atoms with Crippen molar-refractivity contribution in [1.29, 1.82) is 0 Å². The van der Waals surface area contributed by atoms with Crippen molar-refractivity contribution in [2.24, 2.45) is 4.99 Å². The highest BCUT2D eigenvalue weighted by molar-refractivity contribution is 8.18. The van der Waals surface area contributed by atoms with Gasteiger partial charge in [0.25, 0.3) is 11.6 Å². The van der Waals surface area contributed by atoms with Crippen LogP contribution in [0, 0.1) is 10.1 Å². The predicted octanol–water partition coefficient (Wildman–Crippen LogP) is 3.39. The van der Waals surface area contributed by atoms with Crippen LogP contribution in [-0.4, -0.2) is 35.0 Å². The Labute approximate surface area is 141 Å². The first kappa shape index (κ1) is 16.0. The molecule has 0 spiro atoms. The Morgan fingerprint density at radius 2 is 1.96 bits per heavy atom. The Bertz CT molecular complexity index is 868. The number of carbonyl (C=O) groups is 1. The van der Waals surface area contributed by atoms with Crippen LogP contribution in [0.1, 0.15) is 5.76 Å². The van der Waals surface area contributed by atoms with Gasteiger partial charge < -0.3 is 4.42 Å². The number of rotatable bonds is 3. The summed E-state index contributed by atoms with van der Waals surface area (Å²) in [6, 6.07) is 9.60. The Morgan fingerprint density at radius 1 is 1.25 bits per heavy atom. The maximum absolute atomic E-state index is 12.1. The molecule has 3 rings (SSSR count). The maximum atomic E-state index is 12.1. The highest BCUT2D eigenvalue weighted by atomic mass is 32.2. The van der Waals surface area contributed by atoms with Crippen LogP contribution in [0.4, 0.5) is 5.69 Å². The lowest BCUT2D eigenvalue weighted by Gasteiger charge is -2.04. The highest BCUT2D eigenvalue weighted by Crippen LogP contribution is 2.32. The fourth-order valence-electron chi connectivity index (χ4n) is 2.21. The number of furan rings is 1. The summed E-state index contributed by atoms with van der Waals surface area (Å²) in [7, 11) is 3.30. The van der Waals surface area contributed by atoms with Gasteiger partial charge in [-0.3, -0.25) is 24.8 Å². The average Bonchev–Trinajstić information content (AvgIpc) is 3.15. The fraction of sp³-hybridized carbons (Fsp3) is 0.125. The Kier molecular flexibility index (Phi) is 4.22. The van der Waals surface area contributed by atoms with Crippen molar-refractivity contribution < 1.29 is 14.1 Å². The van der Waals surface area contributed by atoms with Gasteiger partial charge in [-0.2, -0.15) is 0 Å². The molecule has 0 aliphatic carbocycles. The van der Waals surface area contributed by atoms with Crippen LogP contribution in [0.5, 0.6) is 0 Å². The van der Waals surface area contributed by atoms with Crippen molar-refractivity contribution in [1.82, 2.24) is 4.90 Å². The molecular weight excluding hydrogens is 330 g/mol. The van der Waals surface area contributed by atoms with Crippen LogP contribution in [0.2, 0.25) is 0 Å². The minimum Gasteiger partial charge on any atom is -0.457 e. The molecule has 2 aromatic rings. The molecule has 0 atom stereocenters. The van der Waals surface area contributed by atoms with E-state index in [0.717, 1.165) is 5.56 Å². The molecule has 1 aliphatic rings. The molecule has 122 valence electrons. The first-order valence-corrected chi connectivity index (χ1v) is 7.80. The van der Waals surface area contributed by atoms with E-state index in [2.05, 4.69) is 4.99 Å². The molecule has 24 heavy (non-hydrogen) atoms. The number of carbonyl (C=O) groups excluding carboxylic acids is 1. The lowest BCUT2D eigenvalue weighted by atomic mass is 10.1. The number of thioether (sulfide) groups is 1. The van der Waals surface area contributed by atoms with Crippen molar-refractivity contribution in [3.63, 3.8) is 0 Å². The first-order chi connectivity index (χ1) is 11.5. The highest BCUT2D eigenvalue weighted by Gasteiger charge is 2.30. The summed E-state index contributed by atoms with van der Waals surface area (Å²) in [6.07, 6.45) is 1.66. The molecule has 0 bridgehead atoms. The number of nitrogens with zero attached hydrogens (tertiary/aromatic N) is 3. The van der Waals surface area contributed by atoms with Crippen molar-refractivity contribution in [3.8, 4) is 11.3 Å². The zero-order chi connectivity index (χ0) is 17.3. The van der Waals surface area contributed by atoms with Gasteiger partial charge >= 0.3 is 0 Å². The molecule has 8 heteroatoms. The molecule has 1 aromatic heterocycles. The topological polar surface area (TPSA) is 89.0 Å². The zero-order valence-corrected chi connectivity index (χ0v) is 13.7. The second-order valence-electron chi connectivity index (χ2n) is 4.99. The van der Waals surface area contributed by atoms with E-state index in [-0.39, 0.29) is 11.6 Å². The van der Waals surface area contributed by atoms with Gasteiger partial charge in [0.2, 0.25) is 0 Å². The second kappa shape index (κ2) is 6.32. The standard InChI is InChI=1S/C16H13N3O4S/c1-17-16-18(2)15(20)14(24-16)9-12-7-8-13(23-12)10-3-5-11(6-4-10)19(21)22/h3-9H,1-2H3/b14-9-,17-16?. The van der Waals surface area contributed by atoms with Crippen LogP contribution >= 0.6 is 11.8 Å². The number of hydrogen-bond acceptors (Lipinski definition) is 6. The van der Waals surface area contributed by atoms with Gasteiger partial charge in [0, 0.05) is 37.9 Å². The second-order valence-corrected chi connectivity index (χ2v) is 6.00. The smallest absolute Gasteiger partial charge is 0.269 e. The lowest BCUT2D eigenvalue weighted by Crippen LogP contribution is -2.23. The SMILES string of the molecule is CN=C1S/C(=C\c2ccc(-c3ccc([N+](=O)[O-])cc3)o2)C(=O)N1C. The zero-order valence-electron chi connectivity index (χ0n) is 12.9. The van der Waals surface area contributed by atoms with Gasteiger partial charge in [0.15, 0.2) is 5.17 Å². The van der Waals surface area contributed by atoms with Crippen molar-refractivity contribution >= 4 is 34.6 Å². The maximum Gasteiger partial charge on any atom is 0.269 e. The molecule has 0 N–H and O–H groups in total. The summed E-state index contributed by atoms with van der Waals surface area (Å²) in [4.78, 5) is 28.4. The van der Waals surface area contributed by atoms with E-state index in [1.54, 1.807) is 44.4 Å². The summed E-state index contributed by atoms with van der Waals surface area (Å²) in [5, 5.41) is 11.3. The molecule has 1 amide bonds. The summed E-state index contributed by atoms with van der Waals surface area (Å²) in [5.41, 5.74) is 0.749. The van der Waals surface area contributed by atoms with Gasteiger partial charge in [-0.1, -0.05) is 0 Å². The van der Waals surface area contributed by atoms with Crippen LogP contribution in [0.25, 0.3) is 17.4 Å². The average molecular weight is 343 g/mol. The summed E-state index contributed by atoms with van der Waals surface area (Å²) in [5.74, 6) is 0.976. The quantitative estimate of drug-likeness (QED) is 0.484. The fourth-order valence-corrected chi connectivity index (χ4v) is 3.12. The third-order valence-electron chi connectivity index (χ3n) is 3.46. The van der Waals surface area contributed by atoms with E-state index in [1.165, 1.54) is 28.8 Å². The van der Waals surface area contributed by atoms with Crippen molar-refractivity contribution in [2.45, 2.75) is 0 Å². The number of nitro groups is 1. The number of hydrogen-bond donors (Lipinski definition) is 0. The number of amidine groups is 1. The normalized spacial score (nSPS) is 17.9. The number of likely N-dealkylation sites (N-methyl/N-ethyl adjacent to an activating group) is 1. The van der Waals surface area contributed by atoms with E-state index >= 15 is 0 Å². The Morgan fingerprint density at radius 3 is 2.54 bits per heavy atom. The number of amides is 1. The summed E-state index contributed by atoms with van der Waals surface area (Å²) in [6.45, 7) is 0. The number of non-ortho nitro benzene ring substituents is 1. The molecule has 0 saturated carbocycles. The summed E-state index contributed by atoms with van der Waals surface area (Å²) >= 11 is 1.28. The third kappa shape index (κ3) is 2.95. The number of nitro benzene ring substituents is 1. The van der Waals surface area contributed by atoms with Crippen LogP contribution in [-0.2, 0) is 4.79 Å². The van der Waals surface area contributed by atoms with Crippen molar-refractivity contribution in [2.75, 3.05) is 14.1 Å². The number of aliphatic imine (C=N–C) groups is 1. The van der Waals surface area contributed by atoms with E-state index in [9.17, 15) is 14.9 Å². The summed E-state index contributed by atoms with van der Waals surface area (Å²) < 4.78 is 5.71. The molecule has 1 aromatic carbocycles. The largest absolute Gasteiger partial charge is 0.457 e. The monoisotopic (exact) mass is 343 g/mol. The minimum absolute atomic E-state index is 0.0232. The van der Waals surface area contributed by atoms with Gasteiger partial charge in [-0.05, 0) is 36.0 Å². The van der Waals surface area contributed by atoms with Gasteiger partial charge in [-0.15, -0.1) is 0 Å². The van der Waals surface area contributed by atoms with E-state index in [1.807, 2.05) is 0 Å². The van der Waals surface area contributed by atoms with Crippen LogP contribution < -0.4 is 0 Å². The van der Waals surface area contributed by atoms with Crippen LogP contribution in [0.3, 0.4) is 0 Å². The van der Waals surface area contributed by atoms with Gasteiger partial charge in [0.1, 0.15) is 11.5 Å². The molecule has 2 heterocycles. The van der Waals surface area contributed by atoms with Crippen molar-refractivity contribution in [3.05, 3.63) is 57.2 Å². The molecule has 1 saturated heterocycles.